The van der Waals surface area contributed by atoms with Gasteiger partial charge < -0.3 is 4.90 Å². The molecule has 0 amide bonds. The molecule has 0 aromatic rings. The molecule has 102 valence electrons. The Balaban J connectivity index is 1.93. The van der Waals surface area contributed by atoms with Crippen LogP contribution in [0.2, 0.25) is 0 Å². The number of likely N-dealkylation sites (tertiary alicyclic amines) is 1. The summed E-state index contributed by atoms with van der Waals surface area (Å²) in [6, 6.07) is 0. The van der Waals surface area contributed by atoms with Gasteiger partial charge in [0.2, 0.25) is 0 Å². The van der Waals surface area contributed by atoms with Gasteiger partial charge in [-0.3, -0.25) is 4.21 Å². The largest absolute Gasteiger partial charge is 0.302 e. The average molecular weight is 259 g/mol. The van der Waals surface area contributed by atoms with Crippen molar-refractivity contribution in [1.82, 2.24) is 4.90 Å². The van der Waals surface area contributed by atoms with E-state index in [4.69, 9.17) is 0 Å². The van der Waals surface area contributed by atoms with Crippen molar-refractivity contribution in [3.05, 3.63) is 0 Å². The molecule has 3 heteroatoms. The Morgan fingerprint density at radius 2 is 1.65 bits per heavy atom. The van der Waals surface area contributed by atoms with Crippen molar-refractivity contribution in [3.63, 3.8) is 0 Å². The number of unbranched alkanes of at least 4 members (excludes halogenated alkanes) is 4. The van der Waals surface area contributed by atoms with Crippen molar-refractivity contribution in [2.24, 2.45) is 0 Å². The Labute approximate surface area is 110 Å². The maximum atomic E-state index is 11.8. The van der Waals surface area contributed by atoms with E-state index in [2.05, 4.69) is 11.8 Å². The second kappa shape index (κ2) is 10.1. The Morgan fingerprint density at radius 3 is 2.35 bits per heavy atom. The maximum absolute atomic E-state index is 11.8. The van der Waals surface area contributed by atoms with Crippen molar-refractivity contribution in [3.8, 4) is 0 Å². The fraction of sp³-hybridized carbons (Fsp3) is 1.00. The van der Waals surface area contributed by atoms with Gasteiger partial charge in [0.1, 0.15) is 0 Å². The molecule has 0 radical (unpaired) electrons. The van der Waals surface area contributed by atoms with Crippen LogP contribution < -0.4 is 0 Å². The van der Waals surface area contributed by atoms with Gasteiger partial charge in [0.05, 0.1) is 0 Å². The van der Waals surface area contributed by atoms with Gasteiger partial charge in [-0.05, 0) is 32.4 Å². The molecule has 1 rings (SSSR count). The van der Waals surface area contributed by atoms with Crippen LogP contribution >= 0.6 is 0 Å². The molecule has 0 bridgehead atoms. The Kier molecular flexibility index (Phi) is 8.99. The molecule has 0 aromatic carbocycles. The first kappa shape index (κ1) is 15.2. The summed E-state index contributed by atoms with van der Waals surface area (Å²) in [5, 5.41) is 0. The topological polar surface area (TPSA) is 20.3 Å². The zero-order valence-corrected chi connectivity index (χ0v) is 12.3. The smallest absolute Gasteiger partial charge is 0.0362 e. The first-order valence-electron chi connectivity index (χ1n) is 7.40. The van der Waals surface area contributed by atoms with Crippen LogP contribution in [0.15, 0.2) is 0 Å². The van der Waals surface area contributed by atoms with Gasteiger partial charge in [0.25, 0.3) is 0 Å². The van der Waals surface area contributed by atoms with Crippen molar-refractivity contribution in [1.29, 1.82) is 0 Å². The van der Waals surface area contributed by atoms with Crippen molar-refractivity contribution in [2.45, 2.75) is 58.3 Å². The summed E-state index contributed by atoms with van der Waals surface area (Å²) in [7, 11) is -0.569. The zero-order chi connectivity index (χ0) is 12.3. The highest BCUT2D eigenvalue weighted by Gasteiger charge is 2.10. The normalized spacial score (nSPS) is 19.4. The molecule has 0 saturated carbocycles. The van der Waals surface area contributed by atoms with E-state index in [9.17, 15) is 4.21 Å². The molecule has 1 saturated heterocycles. The Bertz CT molecular complexity index is 202. The summed E-state index contributed by atoms with van der Waals surface area (Å²) in [6.45, 7) is 5.75. The van der Waals surface area contributed by atoms with E-state index >= 15 is 0 Å². The molecule has 0 N–H and O–H groups in total. The quantitative estimate of drug-likeness (QED) is 0.593. The number of nitrogens with zero attached hydrogens (tertiary/aromatic N) is 1. The summed E-state index contributed by atoms with van der Waals surface area (Å²) >= 11 is 0. The van der Waals surface area contributed by atoms with Crippen LogP contribution in [0, 0.1) is 0 Å². The molecule has 1 atom stereocenters. The predicted molar refractivity (Wildman–Crippen MR) is 76.9 cm³/mol. The van der Waals surface area contributed by atoms with Crippen LogP contribution in [0.5, 0.6) is 0 Å². The highest BCUT2D eigenvalue weighted by molar-refractivity contribution is 7.84. The van der Waals surface area contributed by atoms with Crippen molar-refractivity contribution < 1.29 is 4.21 Å². The summed E-state index contributed by atoms with van der Waals surface area (Å²) in [4.78, 5) is 2.48. The molecule has 1 heterocycles. The van der Waals surface area contributed by atoms with Gasteiger partial charge in [-0.15, -0.1) is 0 Å². The SMILES string of the molecule is CCCCCCCS(=O)CCN1CCCCC1. The van der Waals surface area contributed by atoms with Gasteiger partial charge in [0.15, 0.2) is 0 Å². The molecule has 1 aliphatic rings. The molecule has 0 aliphatic carbocycles. The zero-order valence-electron chi connectivity index (χ0n) is 11.5. The van der Waals surface area contributed by atoms with Gasteiger partial charge in [-0.1, -0.05) is 39.0 Å². The third-order valence-corrected chi connectivity index (χ3v) is 4.94. The minimum atomic E-state index is -0.569. The van der Waals surface area contributed by atoms with Crippen LogP contribution in [0.25, 0.3) is 0 Å². The molecule has 1 fully saturated rings. The van der Waals surface area contributed by atoms with E-state index in [0.29, 0.717) is 0 Å². The monoisotopic (exact) mass is 259 g/mol. The van der Waals surface area contributed by atoms with Crippen molar-refractivity contribution in [2.75, 3.05) is 31.1 Å². The van der Waals surface area contributed by atoms with Crippen LogP contribution in [0.1, 0.15) is 58.3 Å². The lowest BCUT2D eigenvalue weighted by atomic mass is 10.1. The standard InChI is InChI=1S/C14H29NOS/c1-2-3-4-5-9-13-17(16)14-12-15-10-7-6-8-11-15/h2-14H2,1H3. The number of rotatable bonds is 9. The average Bonchev–Trinajstić information content (AvgIpc) is 2.37. The fourth-order valence-electron chi connectivity index (χ4n) is 2.38. The summed E-state index contributed by atoms with van der Waals surface area (Å²) in [5.41, 5.74) is 0. The first-order chi connectivity index (χ1) is 8.33. The minimum absolute atomic E-state index is 0.569. The van der Waals surface area contributed by atoms with Gasteiger partial charge in [-0.2, -0.15) is 0 Å². The fourth-order valence-corrected chi connectivity index (χ4v) is 3.57. The molecule has 0 spiro atoms. The van der Waals surface area contributed by atoms with Crippen molar-refractivity contribution >= 4 is 10.8 Å². The van der Waals surface area contributed by atoms with Crippen LogP contribution in [0.3, 0.4) is 0 Å². The number of hydrogen-bond donors (Lipinski definition) is 0. The molecular weight excluding hydrogens is 230 g/mol. The minimum Gasteiger partial charge on any atom is -0.302 e. The van der Waals surface area contributed by atoms with Crippen LogP contribution in [-0.4, -0.2) is 40.2 Å². The van der Waals surface area contributed by atoms with E-state index in [1.807, 2.05) is 0 Å². The third-order valence-electron chi connectivity index (χ3n) is 3.56. The van der Waals surface area contributed by atoms with E-state index in [0.717, 1.165) is 24.5 Å². The molecule has 1 aliphatic heterocycles. The maximum Gasteiger partial charge on any atom is 0.0362 e. The van der Waals surface area contributed by atoms with Gasteiger partial charge in [-0.25, -0.2) is 0 Å². The number of piperidine rings is 1. The highest BCUT2D eigenvalue weighted by atomic mass is 32.2. The molecule has 2 nitrogen and oxygen atoms in total. The summed E-state index contributed by atoms with van der Waals surface area (Å²) < 4.78 is 11.8. The highest BCUT2D eigenvalue weighted by Crippen LogP contribution is 2.08. The summed E-state index contributed by atoms with van der Waals surface area (Å²) in [5.74, 6) is 1.82. The van der Waals surface area contributed by atoms with Crippen LogP contribution in [-0.2, 0) is 10.8 Å². The second-order valence-electron chi connectivity index (χ2n) is 5.16. The number of hydrogen-bond acceptors (Lipinski definition) is 2. The third kappa shape index (κ3) is 7.93. The van der Waals surface area contributed by atoms with E-state index in [1.54, 1.807) is 0 Å². The molecule has 0 aromatic heterocycles. The Hall–Kier alpha value is 0.110. The lowest BCUT2D eigenvalue weighted by Gasteiger charge is -2.25. The van der Waals surface area contributed by atoms with Gasteiger partial charge in [0, 0.05) is 28.9 Å². The molecule has 17 heavy (non-hydrogen) atoms. The van der Waals surface area contributed by atoms with Crippen LogP contribution in [0.4, 0.5) is 0 Å². The lowest BCUT2D eigenvalue weighted by molar-refractivity contribution is 0.241. The van der Waals surface area contributed by atoms with E-state index < -0.39 is 10.8 Å². The van der Waals surface area contributed by atoms with E-state index in [-0.39, 0.29) is 0 Å². The molecule has 1 unspecified atom stereocenters. The Morgan fingerprint density at radius 1 is 0.941 bits per heavy atom. The summed E-state index contributed by atoms with van der Waals surface area (Å²) in [6.07, 6.45) is 10.4. The van der Waals surface area contributed by atoms with E-state index in [1.165, 1.54) is 58.0 Å². The lowest BCUT2D eigenvalue weighted by Crippen LogP contribution is -2.33. The molecular formula is C14H29NOS. The first-order valence-corrected chi connectivity index (χ1v) is 8.89. The second-order valence-corrected chi connectivity index (χ2v) is 6.86. The van der Waals surface area contributed by atoms with Gasteiger partial charge >= 0.3 is 0 Å². The predicted octanol–water partition coefficient (Wildman–Crippen LogP) is 3.19.